The number of benzene rings is 2. The van der Waals surface area contributed by atoms with Crippen LogP contribution in [0.2, 0.25) is 0 Å². The Morgan fingerprint density at radius 1 is 1.12 bits per heavy atom. The molecule has 0 aliphatic carbocycles. The number of amides is 1. The number of nitrogens with one attached hydrogen (secondary N) is 1. The summed E-state index contributed by atoms with van der Waals surface area (Å²) in [5.74, 6) is -2.02. The van der Waals surface area contributed by atoms with E-state index in [0.717, 1.165) is 22.9 Å². The van der Waals surface area contributed by atoms with Crippen LogP contribution in [0.15, 0.2) is 56.3 Å². The molecule has 1 amide bonds. The molecule has 4 aromatic rings. The van der Waals surface area contributed by atoms with E-state index in [4.69, 9.17) is 8.83 Å². The van der Waals surface area contributed by atoms with Crippen molar-refractivity contribution in [2.24, 2.45) is 0 Å². The first-order valence-electron chi connectivity index (χ1n) is 11.0. The molecule has 1 atom stereocenters. The highest BCUT2D eigenvalue weighted by Gasteiger charge is 2.22. The average Bonchev–Trinajstić information content (AvgIpc) is 3.21. The molecule has 2 N–H and O–H groups in total. The Morgan fingerprint density at radius 2 is 1.85 bits per heavy atom. The second-order valence-electron chi connectivity index (χ2n) is 8.27. The van der Waals surface area contributed by atoms with Crippen LogP contribution >= 0.6 is 0 Å². The number of unbranched alkanes of at least 4 members (excludes halogenated alkanes) is 1. The van der Waals surface area contributed by atoms with Crippen molar-refractivity contribution < 1.29 is 27.9 Å². The van der Waals surface area contributed by atoms with Crippen molar-refractivity contribution in [1.29, 1.82) is 0 Å². The van der Waals surface area contributed by atoms with E-state index in [1.54, 1.807) is 31.4 Å². The lowest BCUT2D eigenvalue weighted by molar-refractivity contribution is -0.142. The van der Waals surface area contributed by atoms with Gasteiger partial charge in [0.15, 0.2) is 0 Å². The topological polar surface area (TPSA) is 110 Å². The molecule has 8 heteroatoms. The monoisotopic (exact) mass is 465 g/mol. The van der Waals surface area contributed by atoms with E-state index in [9.17, 15) is 23.9 Å². The normalized spacial score (nSPS) is 12.2. The third-order valence-electron chi connectivity index (χ3n) is 5.95. The summed E-state index contributed by atoms with van der Waals surface area (Å²) in [6.45, 7) is 3.65. The van der Waals surface area contributed by atoms with E-state index in [1.165, 1.54) is 12.1 Å². The molecule has 4 rings (SSSR count). The molecular formula is C26H24FNO6. The molecule has 2 aromatic heterocycles. The summed E-state index contributed by atoms with van der Waals surface area (Å²) >= 11 is 0. The van der Waals surface area contributed by atoms with Crippen LogP contribution in [0.3, 0.4) is 0 Å². The van der Waals surface area contributed by atoms with Crippen LogP contribution in [0, 0.1) is 12.7 Å². The maximum Gasteiger partial charge on any atom is 0.340 e. The quantitative estimate of drug-likeness (QED) is 0.356. The highest BCUT2D eigenvalue weighted by Crippen LogP contribution is 2.34. The second kappa shape index (κ2) is 9.51. The van der Waals surface area contributed by atoms with Gasteiger partial charge in [-0.15, -0.1) is 0 Å². The van der Waals surface area contributed by atoms with Crippen LogP contribution in [0.4, 0.5) is 4.39 Å². The van der Waals surface area contributed by atoms with E-state index < -0.39 is 23.5 Å². The molecule has 0 saturated carbocycles. The molecule has 0 fully saturated rings. The summed E-state index contributed by atoms with van der Waals surface area (Å²) in [5.41, 5.74) is 2.39. The summed E-state index contributed by atoms with van der Waals surface area (Å²) in [7, 11) is 0. The van der Waals surface area contributed by atoms with E-state index in [1.807, 2.05) is 13.0 Å². The summed E-state index contributed by atoms with van der Waals surface area (Å²) < 4.78 is 24.5. The van der Waals surface area contributed by atoms with Gasteiger partial charge in [0.05, 0.1) is 18.2 Å². The second-order valence-corrected chi connectivity index (χ2v) is 8.27. The summed E-state index contributed by atoms with van der Waals surface area (Å²) in [6, 6.07) is 8.44. The van der Waals surface area contributed by atoms with E-state index in [2.05, 4.69) is 5.32 Å². The Labute approximate surface area is 194 Å². The van der Waals surface area contributed by atoms with Crippen molar-refractivity contribution in [3.63, 3.8) is 0 Å². The summed E-state index contributed by atoms with van der Waals surface area (Å²) in [5, 5.41) is 13.2. The molecule has 0 spiro atoms. The number of fused-ring (bicyclic) bond motifs is 2. The van der Waals surface area contributed by atoms with Gasteiger partial charge in [0.2, 0.25) is 5.91 Å². The fourth-order valence-electron chi connectivity index (χ4n) is 4.04. The van der Waals surface area contributed by atoms with Gasteiger partial charge in [0, 0.05) is 22.4 Å². The Morgan fingerprint density at radius 3 is 2.53 bits per heavy atom. The number of rotatable bonds is 8. The first kappa shape index (κ1) is 23.2. The van der Waals surface area contributed by atoms with Crippen LogP contribution < -0.4 is 10.9 Å². The SMILES string of the molecule is CCCCC(NC(=O)Cc1c(C)c2cc3c(-c4ccc(F)cc4)coc3cc2oc1=O)C(=O)O. The molecule has 7 nitrogen and oxygen atoms in total. The molecule has 176 valence electrons. The zero-order valence-electron chi connectivity index (χ0n) is 18.8. The summed E-state index contributed by atoms with van der Waals surface area (Å²) in [4.78, 5) is 36.7. The number of carboxylic acids is 1. The van der Waals surface area contributed by atoms with Gasteiger partial charge in [-0.25, -0.2) is 14.0 Å². The van der Waals surface area contributed by atoms with E-state index in [0.29, 0.717) is 35.0 Å². The number of aliphatic carboxylic acids is 1. The zero-order valence-corrected chi connectivity index (χ0v) is 18.8. The molecular weight excluding hydrogens is 441 g/mol. The van der Waals surface area contributed by atoms with E-state index in [-0.39, 0.29) is 17.8 Å². The Kier molecular flexibility index (Phi) is 6.49. The molecule has 2 heterocycles. The number of hydrogen-bond acceptors (Lipinski definition) is 5. The van der Waals surface area contributed by atoms with Crippen molar-refractivity contribution in [3.8, 4) is 11.1 Å². The van der Waals surface area contributed by atoms with Crippen LogP contribution in [-0.4, -0.2) is 23.0 Å². The van der Waals surface area contributed by atoms with Gasteiger partial charge in [-0.3, -0.25) is 4.79 Å². The van der Waals surface area contributed by atoms with Gasteiger partial charge in [-0.1, -0.05) is 31.9 Å². The van der Waals surface area contributed by atoms with Crippen molar-refractivity contribution in [2.45, 2.75) is 45.6 Å². The molecule has 34 heavy (non-hydrogen) atoms. The average molecular weight is 465 g/mol. The molecule has 0 radical (unpaired) electrons. The third-order valence-corrected chi connectivity index (χ3v) is 5.95. The Bertz CT molecular complexity index is 1430. The Balaban J connectivity index is 1.71. The lowest BCUT2D eigenvalue weighted by Crippen LogP contribution is -2.42. The first-order valence-corrected chi connectivity index (χ1v) is 11.0. The highest BCUT2D eigenvalue weighted by molar-refractivity contribution is 6.02. The maximum atomic E-state index is 13.3. The lowest BCUT2D eigenvalue weighted by Gasteiger charge is -2.14. The number of furan rings is 1. The van der Waals surface area contributed by atoms with Crippen LogP contribution in [0.25, 0.3) is 33.1 Å². The third kappa shape index (κ3) is 4.57. The molecule has 0 aliphatic rings. The number of hydrogen-bond donors (Lipinski definition) is 2. The molecule has 0 saturated heterocycles. The molecule has 0 bridgehead atoms. The van der Waals surface area contributed by atoms with Crippen LogP contribution in [0.1, 0.15) is 37.3 Å². The lowest BCUT2D eigenvalue weighted by atomic mass is 9.99. The van der Waals surface area contributed by atoms with Crippen LogP contribution in [0.5, 0.6) is 0 Å². The van der Waals surface area contributed by atoms with Gasteiger partial charge in [0.25, 0.3) is 0 Å². The van der Waals surface area contributed by atoms with Gasteiger partial charge >= 0.3 is 11.6 Å². The number of carbonyl (C=O) groups is 2. The molecule has 0 aliphatic heterocycles. The predicted molar refractivity (Wildman–Crippen MR) is 125 cm³/mol. The Hall–Kier alpha value is -3.94. The standard InChI is InChI=1S/C26H24FNO6/c1-3-4-5-21(25(30)31)28-24(29)11-18-14(2)17-10-19-20(15-6-8-16(27)9-7-15)13-33-22(19)12-23(17)34-26(18)32/h6-10,12-13,21H,3-5,11H2,1-2H3,(H,28,29)(H,30,31). The minimum absolute atomic E-state index is 0.163. The van der Waals surface area contributed by atoms with Crippen LogP contribution in [-0.2, 0) is 16.0 Å². The number of aryl methyl sites for hydroxylation is 1. The molecule has 1 unspecified atom stereocenters. The number of halogens is 1. The van der Waals surface area contributed by atoms with Gasteiger partial charge in [0.1, 0.15) is 23.0 Å². The van der Waals surface area contributed by atoms with E-state index >= 15 is 0 Å². The predicted octanol–water partition coefficient (Wildman–Crippen LogP) is 4.96. The number of carboxylic acid groups (broad SMARTS) is 1. The smallest absolute Gasteiger partial charge is 0.340 e. The van der Waals surface area contributed by atoms with Gasteiger partial charge in [-0.2, -0.15) is 0 Å². The zero-order chi connectivity index (χ0) is 24.4. The van der Waals surface area contributed by atoms with Crippen molar-refractivity contribution in [1.82, 2.24) is 5.32 Å². The summed E-state index contributed by atoms with van der Waals surface area (Å²) in [6.07, 6.45) is 3.03. The van der Waals surface area contributed by atoms with Crippen molar-refractivity contribution >= 4 is 33.8 Å². The fraction of sp³-hybridized carbons (Fsp3) is 0.269. The van der Waals surface area contributed by atoms with Gasteiger partial charge in [-0.05, 0) is 42.7 Å². The molecule has 2 aromatic carbocycles. The highest BCUT2D eigenvalue weighted by atomic mass is 19.1. The van der Waals surface area contributed by atoms with Gasteiger partial charge < -0.3 is 19.3 Å². The minimum Gasteiger partial charge on any atom is -0.480 e. The first-order chi connectivity index (χ1) is 16.3. The number of carbonyl (C=O) groups excluding carboxylic acids is 1. The minimum atomic E-state index is -1.11. The fourth-order valence-corrected chi connectivity index (χ4v) is 4.04. The maximum absolute atomic E-state index is 13.3. The largest absolute Gasteiger partial charge is 0.480 e. The van der Waals surface area contributed by atoms with Crippen molar-refractivity contribution in [2.75, 3.05) is 0 Å². The van der Waals surface area contributed by atoms with Crippen molar-refractivity contribution in [3.05, 3.63) is 70.0 Å².